The average molecular weight is 444 g/mol. The predicted molar refractivity (Wildman–Crippen MR) is 120 cm³/mol. The zero-order valence-corrected chi connectivity index (χ0v) is 18.2. The van der Waals surface area contributed by atoms with Gasteiger partial charge in [0.15, 0.2) is 11.5 Å². The summed E-state index contributed by atoms with van der Waals surface area (Å²) in [6.07, 6.45) is 5.27. The highest BCUT2D eigenvalue weighted by atomic mass is 16.6. The molecule has 1 amide bonds. The second-order valence-corrected chi connectivity index (χ2v) is 9.14. The van der Waals surface area contributed by atoms with E-state index >= 15 is 0 Å². The van der Waals surface area contributed by atoms with Crippen molar-refractivity contribution in [1.29, 1.82) is 5.26 Å². The van der Waals surface area contributed by atoms with Crippen molar-refractivity contribution in [2.24, 2.45) is 5.92 Å². The maximum atomic E-state index is 12.9. The minimum atomic E-state index is -0.485. The van der Waals surface area contributed by atoms with Crippen LogP contribution in [0.4, 0.5) is 10.5 Å². The lowest BCUT2D eigenvalue weighted by Crippen LogP contribution is -2.40. The minimum absolute atomic E-state index is 0.306. The minimum Gasteiger partial charge on any atom is -0.486 e. The van der Waals surface area contributed by atoms with E-state index in [0.29, 0.717) is 42.7 Å². The summed E-state index contributed by atoms with van der Waals surface area (Å²) < 4.78 is 19.4. The van der Waals surface area contributed by atoms with Crippen LogP contribution in [0.1, 0.15) is 31.2 Å². The average Bonchev–Trinajstić information content (AvgIpc) is 3.38. The number of hydrogen-bond donors (Lipinski definition) is 0. The van der Waals surface area contributed by atoms with E-state index in [2.05, 4.69) is 15.6 Å². The summed E-state index contributed by atoms with van der Waals surface area (Å²) in [5.74, 6) is 1.73. The number of nitrogens with zero attached hydrogens (tertiary/aromatic N) is 4. The Hall–Kier alpha value is -3.73. The number of nitriles is 1. The molecular formula is C25H24N4O4. The quantitative estimate of drug-likeness (QED) is 0.600. The molecule has 2 aromatic carbocycles. The summed E-state index contributed by atoms with van der Waals surface area (Å²) in [6, 6.07) is 13.4. The molecule has 8 nitrogen and oxygen atoms in total. The summed E-state index contributed by atoms with van der Waals surface area (Å²) in [5, 5.41) is 9.25. The van der Waals surface area contributed by atoms with E-state index in [4.69, 9.17) is 14.2 Å². The van der Waals surface area contributed by atoms with E-state index in [0.717, 1.165) is 48.9 Å². The fourth-order valence-electron chi connectivity index (χ4n) is 5.41. The van der Waals surface area contributed by atoms with Crippen LogP contribution in [-0.2, 0) is 11.3 Å². The molecule has 0 radical (unpaired) electrons. The lowest BCUT2D eigenvalue weighted by atomic mass is 9.78. The van der Waals surface area contributed by atoms with Gasteiger partial charge in [0.2, 0.25) is 0 Å². The summed E-state index contributed by atoms with van der Waals surface area (Å²) >= 11 is 0. The first-order valence-corrected chi connectivity index (χ1v) is 11.4. The van der Waals surface area contributed by atoms with Crippen LogP contribution in [0.3, 0.4) is 0 Å². The number of aromatic nitrogens is 2. The molecular weight excluding hydrogens is 420 g/mol. The highest BCUT2D eigenvalue weighted by Gasteiger charge is 2.48. The molecule has 0 bridgehead atoms. The lowest BCUT2D eigenvalue weighted by Gasteiger charge is -2.36. The highest BCUT2D eigenvalue weighted by Crippen LogP contribution is 2.43. The highest BCUT2D eigenvalue weighted by molar-refractivity contribution is 5.90. The molecule has 2 fully saturated rings. The fraction of sp³-hybridized carbons (Fsp3) is 0.400. The summed E-state index contributed by atoms with van der Waals surface area (Å²) in [6.45, 7) is 2.36. The first kappa shape index (κ1) is 19.9. The van der Waals surface area contributed by atoms with Gasteiger partial charge in [0, 0.05) is 12.6 Å². The number of fused-ring (bicyclic) bond motifs is 2. The Morgan fingerprint density at radius 2 is 2.03 bits per heavy atom. The van der Waals surface area contributed by atoms with Gasteiger partial charge in [-0.3, -0.25) is 4.90 Å². The number of carbonyl (C=O) groups excluding carboxylic acids is 1. The van der Waals surface area contributed by atoms with E-state index in [-0.39, 0.29) is 6.09 Å². The van der Waals surface area contributed by atoms with E-state index < -0.39 is 5.60 Å². The maximum Gasteiger partial charge on any atom is 0.415 e. The predicted octanol–water partition coefficient (Wildman–Crippen LogP) is 4.26. The zero-order valence-electron chi connectivity index (χ0n) is 18.2. The van der Waals surface area contributed by atoms with Crippen molar-refractivity contribution in [2.75, 3.05) is 24.7 Å². The molecule has 1 saturated heterocycles. The molecule has 8 heteroatoms. The fourth-order valence-corrected chi connectivity index (χ4v) is 5.41. The first-order chi connectivity index (χ1) is 16.1. The Balaban J connectivity index is 1.21. The van der Waals surface area contributed by atoms with Crippen molar-refractivity contribution >= 4 is 22.8 Å². The van der Waals surface area contributed by atoms with Gasteiger partial charge in [-0.2, -0.15) is 5.26 Å². The molecule has 3 aromatic rings. The van der Waals surface area contributed by atoms with Gasteiger partial charge in [-0.15, -0.1) is 0 Å². The van der Waals surface area contributed by atoms with E-state index in [9.17, 15) is 10.1 Å². The number of carbonyl (C=O) groups is 1. The third kappa shape index (κ3) is 3.54. The first-order valence-electron chi connectivity index (χ1n) is 11.4. The van der Waals surface area contributed by atoms with Crippen molar-refractivity contribution in [3.05, 3.63) is 48.3 Å². The van der Waals surface area contributed by atoms with Gasteiger partial charge in [0.05, 0.1) is 41.2 Å². The van der Waals surface area contributed by atoms with Gasteiger partial charge in [-0.1, -0.05) is 0 Å². The number of hydrogen-bond acceptors (Lipinski definition) is 6. The van der Waals surface area contributed by atoms with Gasteiger partial charge in [-0.05, 0) is 61.9 Å². The Morgan fingerprint density at radius 3 is 2.91 bits per heavy atom. The van der Waals surface area contributed by atoms with Gasteiger partial charge >= 0.3 is 6.09 Å². The standard InChI is InChI=1S/C25H24N4O4/c26-13-17-3-5-20-21(10-17)28(16-27-20)14-18-2-1-7-25(12-18)15-29(24(30)33-25)19-4-6-22-23(11-19)32-9-8-31-22/h3-6,10-11,16,18H,1-2,7-9,12,14-15H2/t18-,25-/m0/s1. The third-order valence-electron chi connectivity index (χ3n) is 6.92. The van der Waals surface area contributed by atoms with Crippen molar-refractivity contribution in [1.82, 2.24) is 9.55 Å². The van der Waals surface area contributed by atoms with Crippen LogP contribution in [0.15, 0.2) is 42.7 Å². The Kier molecular flexibility index (Phi) is 4.64. The van der Waals surface area contributed by atoms with E-state index in [1.165, 1.54) is 0 Å². The molecule has 1 spiro atoms. The van der Waals surface area contributed by atoms with E-state index in [1.54, 1.807) is 11.0 Å². The Labute approximate surface area is 191 Å². The number of imidazole rings is 1. The normalized spacial score (nSPS) is 24.2. The van der Waals surface area contributed by atoms with Crippen molar-refractivity contribution < 1.29 is 19.0 Å². The molecule has 6 rings (SSSR count). The smallest absolute Gasteiger partial charge is 0.415 e. The Morgan fingerprint density at radius 1 is 1.15 bits per heavy atom. The number of ether oxygens (including phenoxy) is 3. The number of anilines is 1. The van der Waals surface area contributed by atoms with Crippen LogP contribution in [0, 0.1) is 17.2 Å². The van der Waals surface area contributed by atoms with Crippen LogP contribution in [-0.4, -0.2) is 41.0 Å². The molecule has 0 N–H and O–H groups in total. The van der Waals surface area contributed by atoms with Crippen molar-refractivity contribution in [3.63, 3.8) is 0 Å². The number of benzene rings is 2. The molecule has 1 saturated carbocycles. The third-order valence-corrected chi connectivity index (χ3v) is 6.92. The monoisotopic (exact) mass is 444 g/mol. The summed E-state index contributed by atoms with van der Waals surface area (Å²) in [7, 11) is 0. The summed E-state index contributed by atoms with van der Waals surface area (Å²) in [4.78, 5) is 19.1. The van der Waals surface area contributed by atoms with Crippen molar-refractivity contribution in [3.8, 4) is 17.6 Å². The number of rotatable bonds is 3. The molecule has 2 atom stereocenters. The molecule has 168 valence electrons. The second-order valence-electron chi connectivity index (χ2n) is 9.14. The van der Waals surface area contributed by atoms with Gasteiger partial charge in [0.25, 0.3) is 0 Å². The molecule has 3 aliphatic rings. The molecule has 1 aliphatic carbocycles. The van der Waals surface area contributed by atoms with Gasteiger partial charge < -0.3 is 18.8 Å². The van der Waals surface area contributed by atoms with Crippen molar-refractivity contribution in [2.45, 2.75) is 37.8 Å². The maximum absolute atomic E-state index is 12.9. The molecule has 3 heterocycles. The van der Waals surface area contributed by atoms with Gasteiger partial charge in [-0.25, -0.2) is 9.78 Å². The molecule has 2 aliphatic heterocycles. The van der Waals surface area contributed by atoms with Crippen LogP contribution < -0.4 is 14.4 Å². The molecule has 0 unspecified atom stereocenters. The SMILES string of the molecule is N#Cc1ccc2ncn(C[C@H]3CCC[C@]4(C3)CN(c3ccc5c(c3)OCCO5)C(=O)O4)c2c1. The Bertz CT molecular complexity index is 1280. The van der Waals surface area contributed by atoms with Crippen LogP contribution in [0.2, 0.25) is 0 Å². The lowest BCUT2D eigenvalue weighted by molar-refractivity contribution is 0.00439. The second kappa shape index (κ2) is 7.69. The largest absolute Gasteiger partial charge is 0.486 e. The zero-order chi connectivity index (χ0) is 22.4. The number of amides is 1. The summed E-state index contributed by atoms with van der Waals surface area (Å²) in [5.41, 5.74) is 2.77. The van der Waals surface area contributed by atoms with Crippen LogP contribution >= 0.6 is 0 Å². The van der Waals surface area contributed by atoms with E-state index in [1.807, 2.05) is 36.7 Å². The van der Waals surface area contributed by atoms with Crippen LogP contribution in [0.25, 0.3) is 11.0 Å². The topological polar surface area (TPSA) is 89.6 Å². The molecule has 33 heavy (non-hydrogen) atoms. The molecule has 1 aromatic heterocycles. The van der Waals surface area contributed by atoms with Gasteiger partial charge in [0.1, 0.15) is 18.8 Å². The van der Waals surface area contributed by atoms with Crippen LogP contribution in [0.5, 0.6) is 11.5 Å².